The molecule has 1 aliphatic rings. The Labute approximate surface area is 115 Å². The summed E-state index contributed by atoms with van der Waals surface area (Å²) in [5, 5.41) is 14.1. The Morgan fingerprint density at radius 1 is 1.22 bits per heavy atom. The zero-order chi connectivity index (χ0) is 13.2. The molecule has 1 atom stereocenters. The standard InChI is InChI=1S/C11H20N2O3S2/c14-10(15)8-13-11(16)12-6-3-1-2-4-9-5-7-17-18-9/h9H,1-8H2,(H,14,15)(H2,12,13,16). The highest BCUT2D eigenvalue weighted by Gasteiger charge is 2.15. The SMILES string of the molecule is O=C(O)CNC(=O)NCCCCCC1CCSS1. The first-order chi connectivity index (χ1) is 8.68. The molecule has 1 aliphatic heterocycles. The molecule has 2 amide bonds. The summed E-state index contributed by atoms with van der Waals surface area (Å²) in [5.41, 5.74) is 0. The molecule has 0 bridgehead atoms. The molecule has 5 nitrogen and oxygen atoms in total. The molecule has 0 aromatic carbocycles. The number of unbranched alkanes of at least 4 members (excludes halogenated alkanes) is 2. The van der Waals surface area contributed by atoms with Gasteiger partial charge in [-0.15, -0.1) is 0 Å². The average molecular weight is 292 g/mol. The third kappa shape index (κ3) is 7.71. The number of carboxylic acids is 1. The largest absolute Gasteiger partial charge is 0.480 e. The van der Waals surface area contributed by atoms with Crippen LogP contribution in [0.1, 0.15) is 32.1 Å². The summed E-state index contributed by atoms with van der Waals surface area (Å²) in [4.78, 5) is 21.3. The van der Waals surface area contributed by atoms with E-state index in [4.69, 9.17) is 5.11 Å². The number of hydrogen-bond donors (Lipinski definition) is 3. The topological polar surface area (TPSA) is 78.4 Å². The molecular weight excluding hydrogens is 272 g/mol. The van der Waals surface area contributed by atoms with Crippen molar-refractivity contribution in [2.75, 3.05) is 18.8 Å². The van der Waals surface area contributed by atoms with Crippen molar-refractivity contribution < 1.29 is 14.7 Å². The van der Waals surface area contributed by atoms with Crippen molar-refractivity contribution in [2.24, 2.45) is 0 Å². The van der Waals surface area contributed by atoms with Crippen molar-refractivity contribution in [3.05, 3.63) is 0 Å². The molecule has 0 aromatic heterocycles. The van der Waals surface area contributed by atoms with Crippen molar-refractivity contribution in [3.63, 3.8) is 0 Å². The summed E-state index contributed by atoms with van der Waals surface area (Å²) in [6.07, 6.45) is 5.86. The van der Waals surface area contributed by atoms with Crippen molar-refractivity contribution in [1.82, 2.24) is 10.6 Å². The molecule has 0 saturated carbocycles. The van der Waals surface area contributed by atoms with Crippen LogP contribution in [0.3, 0.4) is 0 Å². The maximum absolute atomic E-state index is 11.1. The maximum atomic E-state index is 11.1. The predicted octanol–water partition coefficient (Wildman–Crippen LogP) is 2.08. The quantitative estimate of drug-likeness (QED) is 0.471. The molecule has 7 heteroatoms. The molecule has 1 fully saturated rings. The monoisotopic (exact) mass is 292 g/mol. The number of hydrogen-bond acceptors (Lipinski definition) is 4. The minimum absolute atomic E-state index is 0.331. The average Bonchev–Trinajstić information content (AvgIpc) is 2.84. The molecule has 1 heterocycles. The maximum Gasteiger partial charge on any atom is 0.323 e. The number of carbonyl (C=O) groups excluding carboxylic acids is 1. The van der Waals surface area contributed by atoms with Crippen LogP contribution in [0.4, 0.5) is 4.79 Å². The van der Waals surface area contributed by atoms with Gasteiger partial charge in [0.1, 0.15) is 6.54 Å². The van der Waals surface area contributed by atoms with E-state index in [2.05, 4.69) is 10.6 Å². The van der Waals surface area contributed by atoms with E-state index < -0.39 is 12.0 Å². The predicted molar refractivity (Wildman–Crippen MR) is 76.0 cm³/mol. The van der Waals surface area contributed by atoms with Gasteiger partial charge in [-0.1, -0.05) is 34.4 Å². The summed E-state index contributed by atoms with van der Waals surface area (Å²) in [6, 6.07) is -0.403. The molecule has 0 aromatic rings. The highest BCUT2D eigenvalue weighted by Crippen LogP contribution is 2.39. The summed E-state index contributed by atoms with van der Waals surface area (Å²) in [5.74, 6) is 0.248. The molecule has 1 rings (SSSR count). The van der Waals surface area contributed by atoms with Crippen LogP contribution >= 0.6 is 21.6 Å². The number of amides is 2. The Morgan fingerprint density at radius 2 is 2.06 bits per heavy atom. The van der Waals surface area contributed by atoms with Crippen molar-refractivity contribution in [2.45, 2.75) is 37.4 Å². The fraction of sp³-hybridized carbons (Fsp3) is 0.818. The zero-order valence-corrected chi connectivity index (χ0v) is 11.9. The lowest BCUT2D eigenvalue weighted by molar-refractivity contribution is -0.135. The highest BCUT2D eigenvalue weighted by atomic mass is 33.1. The zero-order valence-electron chi connectivity index (χ0n) is 10.3. The van der Waals surface area contributed by atoms with E-state index in [1.807, 2.05) is 21.6 Å². The number of nitrogens with one attached hydrogen (secondary N) is 2. The molecule has 0 radical (unpaired) electrons. The number of aliphatic carboxylic acids is 1. The van der Waals surface area contributed by atoms with Crippen molar-refractivity contribution in [1.29, 1.82) is 0 Å². The van der Waals surface area contributed by atoms with Gasteiger partial charge in [-0.3, -0.25) is 4.79 Å². The smallest absolute Gasteiger partial charge is 0.323 e. The Balaban J connectivity index is 1.85. The van der Waals surface area contributed by atoms with E-state index in [0.29, 0.717) is 6.54 Å². The molecule has 0 spiro atoms. The van der Waals surface area contributed by atoms with E-state index >= 15 is 0 Å². The lowest BCUT2D eigenvalue weighted by Gasteiger charge is -2.07. The summed E-state index contributed by atoms with van der Waals surface area (Å²) >= 11 is 0. The number of urea groups is 1. The first kappa shape index (κ1) is 15.5. The molecule has 3 N–H and O–H groups in total. The van der Waals surface area contributed by atoms with Gasteiger partial charge in [-0.2, -0.15) is 0 Å². The molecule has 0 aliphatic carbocycles. The van der Waals surface area contributed by atoms with Crippen LogP contribution in [-0.4, -0.2) is 41.2 Å². The molecule has 104 valence electrons. The van der Waals surface area contributed by atoms with Gasteiger partial charge in [0.2, 0.25) is 0 Å². The van der Waals surface area contributed by atoms with E-state index in [-0.39, 0.29) is 6.54 Å². The first-order valence-corrected chi connectivity index (χ1v) is 8.58. The Morgan fingerprint density at radius 3 is 2.72 bits per heavy atom. The van der Waals surface area contributed by atoms with E-state index in [9.17, 15) is 9.59 Å². The fourth-order valence-corrected chi connectivity index (χ4v) is 4.69. The van der Waals surface area contributed by atoms with Gasteiger partial charge < -0.3 is 15.7 Å². The third-order valence-electron chi connectivity index (χ3n) is 2.62. The van der Waals surface area contributed by atoms with E-state index in [1.165, 1.54) is 25.0 Å². The second kappa shape index (κ2) is 9.38. The second-order valence-corrected chi connectivity index (χ2v) is 6.97. The van der Waals surface area contributed by atoms with Gasteiger partial charge in [-0.25, -0.2) is 4.79 Å². The minimum atomic E-state index is -1.03. The molecule has 18 heavy (non-hydrogen) atoms. The van der Waals surface area contributed by atoms with Crippen LogP contribution in [0.25, 0.3) is 0 Å². The van der Waals surface area contributed by atoms with Gasteiger partial charge in [0.15, 0.2) is 0 Å². The third-order valence-corrected chi connectivity index (χ3v) is 5.62. The fourth-order valence-electron chi connectivity index (χ4n) is 1.66. The lowest BCUT2D eigenvalue weighted by atomic mass is 10.1. The van der Waals surface area contributed by atoms with Crippen LogP contribution in [0, 0.1) is 0 Å². The van der Waals surface area contributed by atoms with Gasteiger partial charge in [-0.05, 0) is 19.3 Å². The first-order valence-electron chi connectivity index (χ1n) is 6.20. The molecule has 1 saturated heterocycles. The van der Waals surface area contributed by atoms with Crippen molar-refractivity contribution >= 4 is 33.6 Å². The van der Waals surface area contributed by atoms with Gasteiger partial charge in [0.05, 0.1) is 0 Å². The van der Waals surface area contributed by atoms with E-state index in [0.717, 1.165) is 18.1 Å². The van der Waals surface area contributed by atoms with Crippen LogP contribution in [0.15, 0.2) is 0 Å². The normalized spacial score (nSPS) is 18.6. The van der Waals surface area contributed by atoms with Crippen LogP contribution in [0.5, 0.6) is 0 Å². The molecular formula is C11H20N2O3S2. The van der Waals surface area contributed by atoms with Gasteiger partial charge >= 0.3 is 12.0 Å². The highest BCUT2D eigenvalue weighted by molar-refractivity contribution is 8.77. The summed E-state index contributed by atoms with van der Waals surface area (Å²) in [6.45, 7) is 0.278. The van der Waals surface area contributed by atoms with Crippen LogP contribution < -0.4 is 10.6 Å². The van der Waals surface area contributed by atoms with Crippen LogP contribution in [0.2, 0.25) is 0 Å². The van der Waals surface area contributed by atoms with Gasteiger partial charge in [0.25, 0.3) is 0 Å². The summed E-state index contributed by atoms with van der Waals surface area (Å²) < 4.78 is 0. The van der Waals surface area contributed by atoms with Gasteiger partial charge in [0, 0.05) is 17.5 Å². The number of carbonyl (C=O) groups is 2. The Kier molecular flexibility index (Phi) is 8.08. The lowest BCUT2D eigenvalue weighted by Crippen LogP contribution is -2.38. The second-order valence-electron chi connectivity index (χ2n) is 4.18. The Hall–Kier alpha value is -0.560. The van der Waals surface area contributed by atoms with Crippen molar-refractivity contribution in [3.8, 4) is 0 Å². The molecule has 1 unspecified atom stereocenters. The van der Waals surface area contributed by atoms with Crippen LogP contribution in [-0.2, 0) is 4.79 Å². The van der Waals surface area contributed by atoms with E-state index in [1.54, 1.807) is 0 Å². The number of carboxylic acid groups (broad SMARTS) is 1. The Bertz CT molecular complexity index is 271. The minimum Gasteiger partial charge on any atom is -0.480 e. The summed E-state index contributed by atoms with van der Waals surface area (Å²) in [7, 11) is 3.97. The number of rotatable bonds is 8.